The van der Waals surface area contributed by atoms with Crippen LogP contribution in [0.3, 0.4) is 0 Å². The Bertz CT molecular complexity index is 1440. The lowest BCUT2D eigenvalue weighted by molar-refractivity contribution is 0.726. The van der Waals surface area contributed by atoms with Crippen molar-refractivity contribution in [2.24, 2.45) is 0 Å². The molecule has 6 rings (SSSR count). The summed E-state index contributed by atoms with van der Waals surface area (Å²) < 4.78 is 0. The van der Waals surface area contributed by atoms with Crippen molar-refractivity contribution in [1.82, 2.24) is 0 Å². The number of hydrogen-bond donors (Lipinski definition) is 0. The fourth-order valence-corrected chi connectivity index (χ4v) is 7.78. The van der Waals surface area contributed by atoms with Gasteiger partial charge in [0.15, 0.2) is 14.7 Å². The van der Waals surface area contributed by atoms with Crippen LogP contribution in [0.2, 0.25) is 0 Å². The van der Waals surface area contributed by atoms with Gasteiger partial charge in [-0.1, -0.05) is 146 Å². The van der Waals surface area contributed by atoms with Crippen LogP contribution in [0.25, 0.3) is 0 Å². The highest BCUT2D eigenvalue weighted by Crippen LogP contribution is 2.49. The fraction of sp³-hybridized carbons (Fsp3) is 0.0270. The molecule has 6 aromatic carbocycles. The molecule has 0 aliphatic heterocycles. The van der Waals surface area contributed by atoms with Gasteiger partial charge in [-0.2, -0.15) is 0 Å². The van der Waals surface area contributed by atoms with Crippen molar-refractivity contribution < 1.29 is 0 Å². The predicted molar refractivity (Wildman–Crippen MR) is 160 cm³/mol. The zero-order valence-corrected chi connectivity index (χ0v) is 22.0. The third kappa shape index (κ3) is 4.36. The third-order valence-electron chi connectivity index (χ3n) is 7.09. The van der Waals surface area contributed by atoms with Gasteiger partial charge < -0.3 is 0 Å². The minimum absolute atomic E-state index is 0.294. The second-order valence-corrected chi connectivity index (χ2v) is 11.3. The Labute approximate surface area is 228 Å². The van der Waals surface area contributed by atoms with E-state index in [2.05, 4.69) is 176 Å². The highest BCUT2D eigenvalue weighted by Gasteiger charge is 2.44. The van der Waals surface area contributed by atoms with Gasteiger partial charge in [-0.15, -0.1) is 0 Å². The van der Waals surface area contributed by atoms with Gasteiger partial charge in [0.2, 0.25) is 0 Å². The van der Waals surface area contributed by atoms with Crippen molar-refractivity contribution in [1.29, 1.82) is 0 Å². The molecular weight excluding hydrogens is 476 g/mol. The zero-order chi connectivity index (χ0) is 25.6. The summed E-state index contributed by atoms with van der Waals surface area (Å²) in [5.74, 6) is 0. The first-order chi connectivity index (χ1) is 18.9. The molecule has 0 nitrogen and oxygen atoms in total. The van der Waals surface area contributed by atoms with E-state index in [1.54, 1.807) is 0 Å². The number of rotatable bonds is 7. The molecular formula is C37H29S+. The van der Waals surface area contributed by atoms with Crippen molar-refractivity contribution in [2.45, 2.75) is 20.1 Å². The Balaban J connectivity index is 1.74. The second kappa shape index (κ2) is 11.0. The Morgan fingerprint density at radius 2 is 0.632 bits per heavy atom. The fourth-order valence-electron chi connectivity index (χ4n) is 5.49. The van der Waals surface area contributed by atoms with Gasteiger partial charge in [0.25, 0.3) is 0 Å². The molecule has 0 saturated carbocycles. The van der Waals surface area contributed by atoms with E-state index in [0.717, 1.165) is 0 Å². The summed E-state index contributed by atoms with van der Waals surface area (Å²) in [5, 5.41) is 0. The monoisotopic (exact) mass is 505 g/mol. The Morgan fingerprint density at radius 1 is 0.316 bits per heavy atom. The first-order valence-corrected chi connectivity index (χ1v) is 14.2. The molecule has 0 aliphatic carbocycles. The van der Waals surface area contributed by atoms with Crippen LogP contribution in [-0.4, -0.2) is 0 Å². The molecule has 6 aromatic rings. The van der Waals surface area contributed by atoms with Gasteiger partial charge in [-0.3, -0.25) is 0 Å². The minimum Gasteiger partial charge on any atom is -0.0622 e. The summed E-state index contributed by atoms with van der Waals surface area (Å²) in [6.07, 6.45) is 0. The quantitative estimate of drug-likeness (QED) is 0.150. The van der Waals surface area contributed by atoms with Crippen LogP contribution < -0.4 is 0 Å². The van der Waals surface area contributed by atoms with Gasteiger partial charge >= 0.3 is 0 Å². The molecule has 0 saturated heterocycles. The van der Waals surface area contributed by atoms with Crippen LogP contribution in [0.4, 0.5) is 0 Å². The lowest BCUT2D eigenvalue weighted by atomic mass is 9.65. The van der Waals surface area contributed by atoms with Gasteiger partial charge in [0, 0.05) is 5.56 Å². The molecule has 0 radical (unpaired) electrons. The van der Waals surface area contributed by atoms with E-state index in [0.29, 0.717) is 0 Å². The molecule has 0 bridgehead atoms. The lowest BCUT2D eigenvalue weighted by Gasteiger charge is -2.37. The summed E-state index contributed by atoms with van der Waals surface area (Å²) in [4.78, 5) is 3.96. The average Bonchev–Trinajstić information content (AvgIpc) is 3.01. The van der Waals surface area contributed by atoms with E-state index in [1.807, 2.05) is 0 Å². The summed E-state index contributed by atoms with van der Waals surface area (Å²) in [7, 11) is -0.294. The molecule has 0 aliphatic rings. The summed E-state index contributed by atoms with van der Waals surface area (Å²) in [6, 6.07) is 63.9. The highest BCUT2D eigenvalue weighted by atomic mass is 32.2. The van der Waals surface area contributed by atoms with Gasteiger partial charge in [-0.25, -0.2) is 0 Å². The number of hydrogen-bond acceptors (Lipinski definition) is 0. The van der Waals surface area contributed by atoms with Gasteiger partial charge in [0.05, 0.1) is 16.3 Å². The van der Waals surface area contributed by atoms with E-state index < -0.39 is 5.41 Å². The molecule has 0 N–H and O–H groups in total. The van der Waals surface area contributed by atoms with E-state index in [4.69, 9.17) is 0 Å². The molecule has 0 atom stereocenters. The van der Waals surface area contributed by atoms with E-state index in [9.17, 15) is 0 Å². The Morgan fingerprint density at radius 3 is 1.03 bits per heavy atom. The van der Waals surface area contributed by atoms with Crippen LogP contribution >= 0.6 is 0 Å². The third-order valence-corrected chi connectivity index (χ3v) is 9.37. The SMILES string of the molecule is c1ccc([S+](c2ccccc2)c2ccccc2C(c2ccccc2)(c2ccccc2)c2ccccc2)cc1. The Kier molecular flexibility index (Phi) is 6.93. The maximum absolute atomic E-state index is 2.34. The Hall–Kier alpha value is -4.33. The summed E-state index contributed by atoms with van der Waals surface area (Å²) in [6.45, 7) is 0. The molecule has 182 valence electrons. The molecule has 0 unspecified atom stereocenters. The molecule has 0 aromatic heterocycles. The van der Waals surface area contributed by atoms with Crippen LogP contribution in [0.5, 0.6) is 0 Å². The largest absolute Gasteiger partial charge is 0.171 e. The minimum atomic E-state index is -0.491. The van der Waals surface area contributed by atoms with Crippen LogP contribution in [-0.2, 0) is 16.3 Å². The van der Waals surface area contributed by atoms with Crippen molar-refractivity contribution in [3.8, 4) is 0 Å². The summed E-state index contributed by atoms with van der Waals surface area (Å²) in [5.41, 5.74) is 4.59. The lowest BCUT2D eigenvalue weighted by Crippen LogP contribution is -2.32. The maximum Gasteiger partial charge on any atom is 0.171 e. The molecule has 0 spiro atoms. The highest BCUT2D eigenvalue weighted by molar-refractivity contribution is 7.97. The standard InChI is InChI=1S/C37H29S/c1-6-18-30(19-7-1)37(31-20-8-2-9-21-31,32-22-10-3-11-23-32)35-28-16-17-29-36(35)38(33-24-12-4-13-25-33)34-26-14-5-15-27-34/h1-29H/q+1. The number of benzene rings is 6. The van der Waals surface area contributed by atoms with E-state index in [1.165, 1.54) is 36.9 Å². The van der Waals surface area contributed by atoms with Crippen LogP contribution in [0.1, 0.15) is 22.3 Å². The van der Waals surface area contributed by atoms with Crippen molar-refractivity contribution in [2.75, 3.05) is 0 Å². The van der Waals surface area contributed by atoms with E-state index in [-0.39, 0.29) is 10.9 Å². The van der Waals surface area contributed by atoms with Crippen molar-refractivity contribution >= 4 is 10.9 Å². The maximum atomic E-state index is 2.34. The van der Waals surface area contributed by atoms with Crippen molar-refractivity contribution in [3.05, 3.63) is 198 Å². The first-order valence-electron chi connectivity index (χ1n) is 13.0. The van der Waals surface area contributed by atoms with Crippen LogP contribution in [0, 0.1) is 0 Å². The molecule has 1 heteroatoms. The average molecular weight is 506 g/mol. The smallest absolute Gasteiger partial charge is 0.0622 e. The molecule has 38 heavy (non-hydrogen) atoms. The predicted octanol–water partition coefficient (Wildman–Crippen LogP) is 9.16. The summed E-state index contributed by atoms with van der Waals surface area (Å²) >= 11 is 0. The second-order valence-electron chi connectivity index (χ2n) is 9.28. The van der Waals surface area contributed by atoms with Crippen molar-refractivity contribution in [3.63, 3.8) is 0 Å². The van der Waals surface area contributed by atoms with Crippen LogP contribution in [0.15, 0.2) is 191 Å². The zero-order valence-electron chi connectivity index (χ0n) is 21.2. The topological polar surface area (TPSA) is 0 Å². The molecule has 0 amide bonds. The first kappa shape index (κ1) is 24.0. The molecule has 0 heterocycles. The molecule has 0 fully saturated rings. The van der Waals surface area contributed by atoms with E-state index >= 15 is 0 Å². The van der Waals surface area contributed by atoms with Gasteiger partial charge in [-0.05, 0) is 47.0 Å². The normalized spacial score (nSPS) is 11.4. The van der Waals surface area contributed by atoms with Gasteiger partial charge in [0.1, 0.15) is 0 Å².